The van der Waals surface area contributed by atoms with Gasteiger partial charge in [-0.25, -0.2) is 0 Å². The highest BCUT2D eigenvalue weighted by molar-refractivity contribution is 5.84. The van der Waals surface area contributed by atoms with E-state index in [1.807, 2.05) is 0 Å². The van der Waals surface area contributed by atoms with Gasteiger partial charge in [-0.2, -0.15) is 0 Å². The third-order valence-electron chi connectivity index (χ3n) is 3.32. The van der Waals surface area contributed by atoms with Crippen LogP contribution in [0.1, 0.15) is 18.4 Å². The van der Waals surface area contributed by atoms with Crippen molar-refractivity contribution in [1.82, 2.24) is 0 Å². The van der Waals surface area contributed by atoms with E-state index in [9.17, 15) is 0 Å². The predicted molar refractivity (Wildman–Crippen MR) is 65.0 cm³/mol. The van der Waals surface area contributed by atoms with Crippen LogP contribution in [0.15, 0.2) is 42.0 Å². The molecule has 1 aliphatic heterocycles. The van der Waals surface area contributed by atoms with Gasteiger partial charge >= 0.3 is 0 Å². The summed E-state index contributed by atoms with van der Waals surface area (Å²) in [7, 11) is 2.17. The molecule has 0 radical (unpaired) electrons. The Morgan fingerprint density at radius 2 is 2.07 bits per heavy atom. The van der Waals surface area contributed by atoms with E-state index in [-0.39, 0.29) is 0 Å². The lowest BCUT2D eigenvalue weighted by Gasteiger charge is -2.32. The van der Waals surface area contributed by atoms with E-state index in [0.717, 1.165) is 6.54 Å². The van der Waals surface area contributed by atoms with Crippen molar-refractivity contribution in [1.29, 1.82) is 0 Å². The molecule has 0 fully saturated rings. The Morgan fingerprint density at radius 1 is 1.20 bits per heavy atom. The van der Waals surface area contributed by atoms with Gasteiger partial charge in [0.15, 0.2) is 0 Å². The molecule has 3 rings (SSSR count). The molecule has 0 saturated carbocycles. The van der Waals surface area contributed by atoms with Gasteiger partial charge in [-0.05, 0) is 30.1 Å². The Kier molecular flexibility index (Phi) is 1.91. The van der Waals surface area contributed by atoms with Crippen LogP contribution in [0.3, 0.4) is 0 Å². The fourth-order valence-corrected chi connectivity index (χ4v) is 2.57. The quantitative estimate of drug-likeness (QED) is 0.617. The highest BCUT2D eigenvalue weighted by atomic mass is 15.1. The number of rotatable bonds is 0. The first kappa shape index (κ1) is 8.78. The minimum atomic E-state index is 1.06. The van der Waals surface area contributed by atoms with Gasteiger partial charge in [0.2, 0.25) is 0 Å². The number of allylic oxidation sites excluding steroid dienone is 2. The zero-order valence-corrected chi connectivity index (χ0v) is 9.03. The zero-order chi connectivity index (χ0) is 10.3. The summed E-state index contributed by atoms with van der Waals surface area (Å²) in [5, 5.41) is 0. The molecule has 15 heavy (non-hydrogen) atoms. The van der Waals surface area contributed by atoms with Crippen LogP contribution in [0.5, 0.6) is 0 Å². The van der Waals surface area contributed by atoms with Gasteiger partial charge in [0.25, 0.3) is 0 Å². The summed E-state index contributed by atoms with van der Waals surface area (Å²) in [5.41, 5.74) is 5.88. The van der Waals surface area contributed by atoms with Crippen molar-refractivity contribution in [3.05, 3.63) is 47.6 Å². The lowest BCUT2D eigenvalue weighted by Crippen LogP contribution is -2.25. The number of likely N-dealkylation sites (N-methyl/N-ethyl adjacent to an activating group) is 1. The smallest absolute Gasteiger partial charge is 0.0443 e. The van der Waals surface area contributed by atoms with E-state index >= 15 is 0 Å². The van der Waals surface area contributed by atoms with Crippen molar-refractivity contribution in [2.75, 3.05) is 18.5 Å². The second-order valence-electron chi connectivity index (χ2n) is 4.32. The van der Waals surface area contributed by atoms with Gasteiger partial charge < -0.3 is 4.90 Å². The number of para-hydroxylation sites is 1. The molecular formula is C14H15N. The monoisotopic (exact) mass is 197 g/mol. The maximum absolute atomic E-state index is 2.34. The van der Waals surface area contributed by atoms with Crippen LogP contribution in [0, 0.1) is 0 Å². The molecule has 1 aromatic carbocycles. The number of anilines is 1. The van der Waals surface area contributed by atoms with Crippen LogP contribution in [0.2, 0.25) is 0 Å². The first-order chi connectivity index (χ1) is 7.36. The normalized spacial score (nSPS) is 18.9. The molecule has 2 aliphatic rings. The van der Waals surface area contributed by atoms with Gasteiger partial charge in [0.1, 0.15) is 0 Å². The first-order valence-electron chi connectivity index (χ1n) is 5.55. The van der Waals surface area contributed by atoms with Crippen LogP contribution in [0.4, 0.5) is 5.69 Å². The molecule has 1 aromatic rings. The maximum Gasteiger partial charge on any atom is 0.0443 e. The molecule has 0 unspecified atom stereocenters. The third-order valence-corrected chi connectivity index (χ3v) is 3.32. The summed E-state index contributed by atoms with van der Waals surface area (Å²) in [4.78, 5) is 2.34. The highest BCUT2D eigenvalue weighted by Gasteiger charge is 2.21. The molecule has 1 heteroatoms. The summed E-state index contributed by atoms with van der Waals surface area (Å²) < 4.78 is 0. The van der Waals surface area contributed by atoms with Crippen molar-refractivity contribution >= 4 is 11.3 Å². The van der Waals surface area contributed by atoms with E-state index in [1.165, 1.54) is 29.7 Å². The fourth-order valence-electron chi connectivity index (χ4n) is 2.57. The van der Waals surface area contributed by atoms with Gasteiger partial charge in [-0.3, -0.25) is 0 Å². The third kappa shape index (κ3) is 1.30. The fraction of sp³-hybridized carbons (Fsp3) is 0.286. The maximum atomic E-state index is 2.34. The standard InChI is InChI=1S/C14H15N/c1-15-10-11-6-2-3-7-12(11)13-8-4-5-9-14(13)15/h2,4-6,8-9H,3,7,10H2,1H3. The van der Waals surface area contributed by atoms with Crippen molar-refractivity contribution in [3.63, 3.8) is 0 Å². The lowest BCUT2D eigenvalue weighted by atomic mass is 9.87. The molecule has 1 nitrogen and oxygen atoms in total. The Morgan fingerprint density at radius 3 is 3.00 bits per heavy atom. The predicted octanol–water partition coefficient (Wildman–Crippen LogP) is 3.24. The van der Waals surface area contributed by atoms with E-state index in [0.29, 0.717) is 0 Å². The summed E-state index contributed by atoms with van der Waals surface area (Å²) in [5.74, 6) is 0. The van der Waals surface area contributed by atoms with Crippen molar-refractivity contribution in [2.45, 2.75) is 12.8 Å². The van der Waals surface area contributed by atoms with E-state index in [1.54, 1.807) is 5.57 Å². The number of nitrogens with zero attached hydrogens (tertiary/aromatic N) is 1. The van der Waals surface area contributed by atoms with Crippen LogP contribution in [-0.4, -0.2) is 13.6 Å². The van der Waals surface area contributed by atoms with Crippen LogP contribution in [-0.2, 0) is 0 Å². The molecule has 0 amide bonds. The SMILES string of the molecule is CN1CC2=C(CCC=C2)c2ccccc21. The zero-order valence-electron chi connectivity index (χ0n) is 9.03. The molecule has 1 aliphatic carbocycles. The molecule has 0 bridgehead atoms. The largest absolute Gasteiger partial charge is 0.370 e. The summed E-state index contributed by atoms with van der Waals surface area (Å²) in [6.45, 7) is 1.06. The number of hydrogen-bond acceptors (Lipinski definition) is 1. The molecule has 1 heterocycles. The van der Waals surface area contributed by atoms with Gasteiger partial charge in [0.05, 0.1) is 0 Å². The van der Waals surface area contributed by atoms with E-state index < -0.39 is 0 Å². The summed E-state index contributed by atoms with van der Waals surface area (Å²) in [6.07, 6.45) is 6.99. The first-order valence-corrected chi connectivity index (χ1v) is 5.55. The van der Waals surface area contributed by atoms with Gasteiger partial charge in [0, 0.05) is 24.8 Å². The molecule has 0 N–H and O–H groups in total. The Hall–Kier alpha value is -1.50. The lowest BCUT2D eigenvalue weighted by molar-refractivity contribution is 0.935. The highest BCUT2D eigenvalue weighted by Crippen LogP contribution is 2.38. The van der Waals surface area contributed by atoms with Crippen molar-refractivity contribution < 1.29 is 0 Å². The average molecular weight is 197 g/mol. The topological polar surface area (TPSA) is 3.24 Å². The van der Waals surface area contributed by atoms with Crippen LogP contribution in [0.25, 0.3) is 5.57 Å². The molecule has 76 valence electrons. The number of benzene rings is 1. The Labute approximate surface area is 90.7 Å². The number of fused-ring (bicyclic) bond motifs is 2. The molecule has 0 atom stereocenters. The van der Waals surface area contributed by atoms with Crippen LogP contribution >= 0.6 is 0 Å². The van der Waals surface area contributed by atoms with Gasteiger partial charge in [-0.15, -0.1) is 0 Å². The minimum Gasteiger partial charge on any atom is -0.370 e. The Balaban J connectivity index is 2.20. The molecule has 0 saturated heterocycles. The van der Waals surface area contributed by atoms with E-state index in [4.69, 9.17) is 0 Å². The van der Waals surface area contributed by atoms with Crippen molar-refractivity contribution in [3.8, 4) is 0 Å². The van der Waals surface area contributed by atoms with E-state index in [2.05, 4.69) is 48.4 Å². The second kappa shape index (κ2) is 3.27. The average Bonchev–Trinajstić information content (AvgIpc) is 2.30. The summed E-state index contributed by atoms with van der Waals surface area (Å²) >= 11 is 0. The number of hydrogen-bond donors (Lipinski definition) is 0. The van der Waals surface area contributed by atoms with Gasteiger partial charge in [-0.1, -0.05) is 30.4 Å². The molecule has 0 spiro atoms. The molecular weight excluding hydrogens is 182 g/mol. The molecule has 0 aromatic heterocycles. The van der Waals surface area contributed by atoms with Crippen LogP contribution < -0.4 is 4.90 Å². The minimum absolute atomic E-state index is 1.06. The Bertz CT molecular complexity index is 454. The second-order valence-corrected chi connectivity index (χ2v) is 4.32. The van der Waals surface area contributed by atoms with Crippen molar-refractivity contribution in [2.24, 2.45) is 0 Å². The summed E-state index contributed by atoms with van der Waals surface area (Å²) in [6, 6.07) is 8.73.